The second kappa shape index (κ2) is 11.3. The molecule has 2 aromatic rings. The fraction of sp³-hybridized carbons (Fsp3) is 0.323. The van der Waals surface area contributed by atoms with Crippen LogP contribution in [0.15, 0.2) is 65.8 Å². The average Bonchev–Trinajstić information content (AvgIpc) is 2.81. The van der Waals surface area contributed by atoms with Crippen LogP contribution in [0.4, 0.5) is 0 Å². The van der Waals surface area contributed by atoms with Gasteiger partial charge < -0.3 is 14.6 Å². The first-order valence-corrected chi connectivity index (χ1v) is 12.0. The Balaban J connectivity index is 1.92. The smallest absolute Gasteiger partial charge is 0.189 e. The van der Waals surface area contributed by atoms with E-state index >= 15 is 0 Å². The van der Waals surface area contributed by atoms with E-state index in [1.807, 2.05) is 50.3 Å². The van der Waals surface area contributed by atoms with E-state index in [4.69, 9.17) is 9.47 Å². The van der Waals surface area contributed by atoms with Crippen LogP contribution in [-0.4, -0.2) is 23.6 Å². The van der Waals surface area contributed by atoms with Crippen LogP contribution in [0, 0.1) is 0 Å². The van der Waals surface area contributed by atoms with Crippen molar-refractivity contribution in [2.75, 3.05) is 7.11 Å². The summed E-state index contributed by atoms with van der Waals surface area (Å²) < 4.78 is 11.4. The average molecular weight is 473 g/mol. The number of allylic oxidation sites excluding steroid dienone is 5. The van der Waals surface area contributed by atoms with E-state index in [-0.39, 0.29) is 17.1 Å². The minimum absolute atomic E-state index is 0.0517. The molecule has 1 heterocycles. The van der Waals surface area contributed by atoms with Gasteiger partial charge in [-0.15, -0.1) is 0 Å². The first-order valence-electron chi connectivity index (χ1n) is 12.0. The van der Waals surface area contributed by atoms with Gasteiger partial charge in [-0.3, -0.25) is 4.79 Å². The highest BCUT2D eigenvalue weighted by Crippen LogP contribution is 2.42. The van der Waals surface area contributed by atoms with Gasteiger partial charge in [0, 0.05) is 0 Å². The summed E-state index contributed by atoms with van der Waals surface area (Å²) in [6.45, 7) is 10.3. The molecule has 4 heteroatoms. The Bertz CT molecular complexity index is 1190. The number of carbonyl (C=O) groups is 1. The van der Waals surface area contributed by atoms with Crippen LogP contribution in [0.1, 0.15) is 74.5 Å². The number of hydrogen-bond acceptors (Lipinski definition) is 4. The maximum Gasteiger partial charge on any atom is 0.189 e. The predicted molar refractivity (Wildman–Crippen MR) is 144 cm³/mol. The van der Waals surface area contributed by atoms with Gasteiger partial charge in [0.2, 0.25) is 0 Å². The van der Waals surface area contributed by atoms with Crippen molar-refractivity contribution in [1.82, 2.24) is 0 Å². The fourth-order valence-corrected chi connectivity index (χ4v) is 3.88. The molecule has 2 aromatic carbocycles. The summed E-state index contributed by atoms with van der Waals surface area (Å²) in [4.78, 5) is 13.1. The van der Waals surface area contributed by atoms with E-state index in [0.717, 1.165) is 29.7 Å². The van der Waals surface area contributed by atoms with Crippen molar-refractivity contribution >= 4 is 17.9 Å². The van der Waals surface area contributed by atoms with Crippen molar-refractivity contribution in [2.24, 2.45) is 0 Å². The molecular weight excluding hydrogens is 436 g/mol. The van der Waals surface area contributed by atoms with Crippen molar-refractivity contribution in [3.05, 3.63) is 88.0 Å². The van der Waals surface area contributed by atoms with E-state index in [9.17, 15) is 9.90 Å². The predicted octanol–water partition coefficient (Wildman–Crippen LogP) is 7.72. The van der Waals surface area contributed by atoms with Gasteiger partial charge in [-0.05, 0) is 101 Å². The molecule has 0 aromatic heterocycles. The molecule has 1 aliphatic rings. The molecule has 0 amide bonds. The standard InChI is InChI=1S/C31H36O4/c1-21(2)8-7-9-22(3)10-14-24-20-27(29(33)26-18-19-31(4,5)35-30(24)26)28(32)17-13-23-11-15-25(34-6)16-12-23/h8,10-13,15-20,33H,7,9,14H2,1-6H3/b17-13+,22-10+. The third-order valence-electron chi connectivity index (χ3n) is 5.95. The summed E-state index contributed by atoms with van der Waals surface area (Å²) >= 11 is 0. The number of hydrogen-bond donors (Lipinski definition) is 1. The highest BCUT2D eigenvalue weighted by molar-refractivity contribution is 6.09. The number of ketones is 1. The summed E-state index contributed by atoms with van der Waals surface area (Å²) in [5.41, 5.74) is 4.69. The maximum atomic E-state index is 13.1. The zero-order valence-corrected chi connectivity index (χ0v) is 21.6. The number of carbonyl (C=O) groups excluding carboxylic acids is 1. The molecule has 0 aliphatic carbocycles. The van der Waals surface area contributed by atoms with Gasteiger partial charge in [0.1, 0.15) is 22.8 Å². The Morgan fingerprint density at radius 3 is 2.49 bits per heavy atom. The SMILES string of the molecule is COc1ccc(/C=C/C(=O)c2cc(C/C=C(\C)CCC=C(C)C)c3c(c2O)C=CC(C)(C)O3)cc1. The molecule has 184 valence electrons. The van der Waals surface area contributed by atoms with Crippen molar-refractivity contribution in [3.63, 3.8) is 0 Å². The van der Waals surface area contributed by atoms with Crippen molar-refractivity contribution in [3.8, 4) is 17.2 Å². The molecule has 0 bridgehead atoms. The molecule has 1 N–H and O–H groups in total. The Morgan fingerprint density at radius 1 is 1.11 bits per heavy atom. The molecule has 0 fully saturated rings. The van der Waals surface area contributed by atoms with Gasteiger partial charge in [-0.2, -0.15) is 0 Å². The van der Waals surface area contributed by atoms with Crippen LogP contribution >= 0.6 is 0 Å². The topological polar surface area (TPSA) is 55.8 Å². The second-order valence-corrected chi connectivity index (χ2v) is 9.76. The number of ether oxygens (including phenoxy) is 2. The van der Waals surface area contributed by atoms with E-state index < -0.39 is 5.60 Å². The lowest BCUT2D eigenvalue weighted by molar-refractivity contribution is 0.104. The molecule has 35 heavy (non-hydrogen) atoms. The van der Waals surface area contributed by atoms with Crippen LogP contribution in [-0.2, 0) is 6.42 Å². The maximum absolute atomic E-state index is 13.1. The summed E-state index contributed by atoms with van der Waals surface area (Å²) in [5, 5.41) is 11.0. The Hall–Kier alpha value is -3.53. The van der Waals surface area contributed by atoms with Crippen molar-refractivity contribution in [2.45, 2.75) is 59.5 Å². The molecule has 0 saturated heterocycles. The summed E-state index contributed by atoms with van der Waals surface area (Å²) in [7, 11) is 1.62. The van der Waals surface area contributed by atoms with Gasteiger partial charge in [0.15, 0.2) is 5.78 Å². The monoisotopic (exact) mass is 472 g/mol. The molecule has 0 saturated carbocycles. The lowest BCUT2D eigenvalue weighted by Crippen LogP contribution is -2.28. The largest absolute Gasteiger partial charge is 0.506 e. The zero-order chi connectivity index (χ0) is 25.6. The summed E-state index contributed by atoms with van der Waals surface area (Å²) in [6, 6.07) is 9.21. The molecule has 3 rings (SSSR count). The Labute approximate surface area is 209 Å². The normalized spacial score (nSPS) is 14.4. The zero-order valence-electron chi connectivity index (χ0n) is 21.6. The molecule has 1 aliphatic heterocycles. The van der Waals surface area contributed by atoms with E-state index in [0.29, 0.717) is 17.7 Å². The quantitative estimate of drug-likeness (QED) is 0.231. The Kier molecular flexibility index (Phi) is 8.39. The fourth-order valence-electron chi connectivity index (χ4n) is 3.88. The second-order valence-electron chi connectivity index (χ2n) is 9.76. The van der Waals surface area contributed by atoms with Gasteiger partial charge in [0.25, 0.3) is 0 Å². The van der Waals surface area contributed by atoms with Gasteiger partial charge in [0.05, 0.1) is 18.2 Å². The lowest BCUT2D eigenvalue weighted by atomic mass is 9.93. The number of methoxy groups -OCH3 is 1. The number of fused-ring (bicyclic) bond motifs is 1. The summed E-state index contributed by atoms with van der Waals surface area (Å²) in [5.74, 6) is 1.08. The number of aromatic hydroxyl groups is 1. The number of phenolic OH excluding ortho intramolecular Hbond substituents is 1. The van der Waals surface area contributed by atoms with E-state index in [1.165, 1.54) is 17.2 Å². The third kappa shape index (κ3) is 6.98. The first-order chi connectivity index (χ1) is 16.6. The van der Waals surface area contributed by atoms with Crippen LogP contribution in [0.3, 0.4) is 0 Å². The molecular formula is C31H36O4. The number of benzene rings is 2. The van der Waals surface area contributed by atoms with E-state index in [2.05, 4.69) is 32.9 Å². The van der Waals surface area contributed by atoms with Gasteiger partial charge in [-0.1, -0.05) is 41.5 Å². The van der Waals surface area contributed by atoms with Crippen LogP contribution in [0.25, 0.3) is 12.2 Å². The van der Waals surface area contributed by atoms with Crippen LogP contribution in [0.2, 0.25) is 0 Å². The minimum Gasteiger partial charge on any atom is -0.506 e. The molecule has 0 unspecified atom stereocenters. The molecule has 4 nitrogen and oxygen atoms in total. The van der Waals surface area contributed by atoms with Gasteiger partial charge in [-0.25, -0.2) is 0 Å². The highest BCUT2D eigenvalue weighted by Gasteiger charge is 2.28. The van der Waals surface area contributed by atoms with Crippen molar-refractivity contribution < 1.29 is 19.4 Å². The summed E-state index contributed by atoms with van der Waals surface area (Å²) in [6.07, 6.45) is 14.0. The Morgan fingerprint density at radius 2 is 1.83 bits per heavy atom. The number of phenols is 1. The van der Waals surface area contributed by atoms with Crippen LogP contribution < -0.4 is 9.47 Å². The van der Waals surface area contributed by atoms with Crippen LogP contribution in [0.5, 0.6) is 17.2 Å². The number of rotatable bonds is 9. The first kappa shape index (κ1) is 26.1. The third-order valence-corrected chi connectivity index (χ3v) is 5.95. The molecule has 0 spiro atoms. The lowest BCUT2D eigenvalue weighted by Gasteiger charge is -2.30. The van der Waals surface area contributed by atoms with Gasteiger partial charge >= 0.3 is 0 Å². The molecule has 0 atom stereocenters. The highest BCUT2D eigenvalue weighted by atomic mass is 16.5. The van der Waals surface area contributed by atoms with Crippen molar-refractivity contribution in [1.29, 1.82) is 0 Å². The minimum atomic E-state index is -0.490. The molecule has 0 radical (unpaired) electrons. The van der Waals surface area contributed by atoms with E-state index in [1.54, 1.807) is 19.3 Å².